The largest absolute Gasteiger partial charge is 0.444 e. The molecule has 2 rings (SSSR count). The van der Waals surface area contributed by atoms with Gasteiger partial charge in [-0.15, -0.1) is 0 Å². The molecule has 1 amide bonds. The first kappa shape index (κ1) is 22.9. The van der Waals surface area contributed by atoms with Gasteiger partial charge in [0.1, 0.15) is 5.60 Å². The van der Waals surface area contributed by atoms with Gasteiger partial charge in [0.05, 0.1) is 23.9 Å². The zero-order chi connectivity index (χ0) is 21.8. The van der Waals surface area contributed by atoms with Gasteiger partial charge in [0.15, 0.2) is 0 Å². The normalized spacial score (nSPS) is 13.7. The second-order valence-corrected chi connectivity index (χ2v) is 9.21. The number of fused-ring (bicyclic) bond motifs is 1. The van der Waals surface area contributed by atoms with Crippen molar-refractivity contribution in [3.05, 3.63) is 47.7 Å². The third-order valence-electron chi connectivity index (χ3n) is 4.67. The zero-order valence-corrected chi connectivity index (χ0v) is 18.9. The van der Waals surface area contributed by atoms with Crippen LogP contribution in [0.25, 0.3) is 17.0 Å². The van der Waals surface area contributed by atoms with Crippen LogP contribution in [0.3, 0.4) is 0 Å². The van der Waals surface area contributed by atoms with Crippen LogP contribution in [0.5, 0.6) is 0 Å². The number of carbonyl (C=O) groups is 1. The summed E-state index contributed by atoms with van der Waals surface area (Å²) in [7, 11) is 3.45. The van der Waals surface area contributed by atoms with Gasteiger partial charge in [0, 0.05) is 25.0 Å². The Morgan fingerprint density at radius 3 is 2.45 bits per heavy atom. The molecule has 5 nitrogen and oxygen atoms in total. The molecule has 1 aromatic heterocycles. The molecule has 1 unspecified atom stereocenters. The molecule has 2 aromatic rings. The smallest absolute Gasteiger partial charge is 0.410 e. The van der Waals surface area contributed by atoms with Crippen molar-refractivity contribution in [3.63, 3.8) is 0 Å². The molecular weight excluding hydrogens is 364 g/mol. The van der Waals surface area contributed by atoms with Crippen LogP contribution in [0.4, 0.5) is 4.79 Å². The monoisotopic (exact) mass is 398 g/mol. The van der Waals surface area contributed by atoms with Gasteiger partial charge in [-0.25, -0.2) is 4.79 Å². The van der Waals surface area contributed by atoms with Gasteiger partial charge in [-0.1, -0.05) is 44.2 Å². The quantitative estimate of drug-likeness (QED) is 0.612. The second-order valence-electron chi connectivity index (χ2n) is 9.21. The summed E-state index contributed by atoms with van der Waals surface area (Å²) in [5.41, 5.74) is 2.24. The highest BCUT2D eigenvalue weighted by Crippen LogP contribution is 2.24. The van der Waals surface area contributed by atoms with Gasteiger partial charge < -0.3 is 14.4 Å². The number of hydrogen-bond donors (Lipinski definition) is 0. The summed E-state index contributed by atoms with van der Waals surface area (Å²) in [6, 6.07) is 10.0. The van der Waals surface area contributed by atoms with Gasteiger partial charge in [-0.05, 0) is 45.4 Å². The third kappa shape index (κ3) is 6.57. The van der Waals surface area contributed by atoms with E-state index in [2.05, 4.69) is 44.2 Å². The Morgan fingerprint density at radius 2 is 1.83 bits per heavy atom. The minimum absolute atomic E-state index is 0.0381. The molecule has 0 spiro atoms. The molecule has 0 radical (unpaired) electrons. The second kappa shape index (κ2) is 8.95. The van der Waals surface area contributed by atoms with E-state index in [1.54, 1.807) is 19.1 Å². The van der Waals surface area contributed by atoms with Crippen LogP contribution in [0, 0.1) is 5.41 Å². The zero-order valence-electron chi connectivity index (χ0n) is 18.9. The first-order valence-electron chi connectivity index (χ1n) is 9.96. The van der Waals surface area contributed by atoms with Crippen LogP contribution >= 0.6 is 0 Å². The van der Waals surface area contributed by atoms with Crippen molar-refractivity contribution in [1.82, 2.24) is 9.88 Å². The van der Waals surface area contributed by atoms with E-state index >= 15 is 0 Å². The molecule has 1 heterocycles. The number of ether oxygens (including phenoxy) is 2. The molecular formula is C24H34N2O3. The molecule has 0 fully saturated rings. The minimum Gasteiger partial charge on any atom is -0.444 e. The number of amides is 1. The molecule has 1 atom stereocenters. The van der Waals surface area contributed by atoms with E-state index in [4.69, 9.17) is 14.5 Å². The lowest BCUT2D eigenvalue weighted by Crippen LogP contribution is -2.36. The number of methoxy groups -OCH3 is 1. The summed E-state index contributed by atoms with van der Waals surface area (Å²) >= 11 is 0. The molecule has 0 aliphatic rings. The fourth-order valence-electron chi connectivity index (χ4n) is 2.92. The van der Waals surface area contributed by atoms with Crippen molar-refractivity contribution < 1.29 is 14.3 Å². The lowest BCUT2D eigenvalue weighted by atomic mass is 9.93. The summed E-state index contributed by atoms with van der Waals surface area (Å²) in [5, 5.41) is 1.06. The topological polar surface area (TPSA) is 51.7 Å². The average Bonchev–Trinajstić information content (AvgIpc) is 2.63. The molecule has 0 aliphatic carbocycles. The Balaban J connectivity index is 2.26. The van der Waals surface area contributed by atoms with Crippen molar-refractivity contribution in [2.24, 2.45) is 5.41 Å². The van der Waals surface area contributed by atoms with E-state index in [9.17, 15) is 4.79 Å². The van der Waals surface area contributed by atoms with Crippen LogP contribution in [-0.2, 0) is 9.47 Å². The van der Waals surface area contributed by atoms with Gasteiger partial charge in [-0.2, -0.15) is 0 Å². The Hall–Kier alpha value is -2.40. The standard InChI is InChI=1S/C24H34N2O3/c1-17(26(7)22(27)29-23(2,3)4)20-12-11-19-10-9-18(15-21(19)25-20)13-14-24(5,6)16-28-8/h9-15,17H,16H2,1-8H3. The van der Waals surface area contributed by atoms with E-state index in [0.717, 1.165) is 22.2 Å². The summed E-state index contributed by atoms with van der Waals surface area (Å²) in [5.74, 6) is 0. The van der Waals surface area contributed by atoms with E-state index in [0.29, 0.717) is 6.61 Å². The first-order valence-corrected chi connectivity index (χ1v) is 9.96. The lowest BCUT2D eigenvalue weighted by molar-refractivity contribution is 0.0231. The first-order chi connectivity index (χ1) is 13.4. The van der Waals surface area contributed by atoms with Crippen LogP contribution in [0.1, 0.15) is 58.8 Å². The summed E-state index contributed by atoms with van der Waals surface area (Å²) < 4.78 is 10.7. The van der Waals surface area contributed by atoms with Crippen molar-refractivity contribution in [3.8, 4) is 0 Å². The van der Waals surface area contributed by atoms with Crippen LogP contribution in [0.2, 0.25) is 0 Å². The summed E-state index contributed by atoms with van der Waals surface area (Å²) in [4.78, 5) is 18.8. The highest BCUT2D eigenvalue weighted by molar-refractivity contribution is 5.81. The SMILES string of the molecule is COCC(C)(C)C=Cc1ccc2ccc(C(C)N(C)C(=O)OC(C)(C)C)nc2c1. The summed E-state index contributed by atoms with van der Waals surface area (Å²) in [6.07, 6.45) is 3.90. The van der Waals surface area contributed by atoms with Gasteiger partial charge >= 0.3 is 6.09 Å². The fourth-order valence-corrected chi connectivity index (χ4v) is 2.92. The van der Waals surface area contributed by atoms with E-state index in [1.807, 2.05) is 39.8 Å². The average molecular weight is 399 g/mol. The molecule has 0 aliphatic heterocycles. The van der Waals surface area contributed by atoms with Crippen molar-refractivity contribution >= 4 is 23.1 Å². The Bertz CT molecular complexity index is 881. The van der Waals surface area contributed by atoms with Crippen LogP contribution in [-0.4, -0.2) is 42.3 Å². The maximum Gasteiger partial charge on any atom is 0.410 e. The maximum absolute atomic E-state index is 12.4. The minimum atomic E-state index is -0.528. The van der Waals surface area contributed by atoms with Crippen LogP contribution < -0.4 is 0 Å². The van der Waals surface area contributed by atoms with E-state index < -0.39 is 5.60 Å². The number of pyridine rings is 1. The van der Waals surface area contributed by atoms with Crippen molar-refractivity contribution in [2.75, 3.05) is 20.8 Å². The number of carbonyl (C=O) groups excluding carboxylic acids is 1. The van der Waals surface area contributed by atoms with Gasteiger partial charge in [0.25, 0.3) is 0 Å². The Kier molecular flexibility index (Phi) is 7.06. The van der Waals surface area contributed by atoms with E-state index in [1.165, 1.54) is 0 Å². The molecule has 1 aromatic carbocycles. The third-order valence-corrected chi connectivity index (χ3v) is 4.67. The predicted molar refractivity (Wildman–Crippen MR) is 119 cm³/mol. The molecule has 29 heavy (non-hydrogen) atoms. The van der Waals surface area contributed by atoms with E-state index in [-0.39, 0.29) is 17.6 Å². The lowest BCUT2D eigenvalue weighted by Gasteiger charge is -2.28. The molecule has 0 saturated heterocycles. The van der Waals surface area contributed by atoms with Gasteiger partial charge in [0.2, 0.25) is 0 Å². The Labute approximate surface area is 174 Å². The molecule has 0 bridgehead atoms. The number of aromatic nitrogens is 1. The number of nitrogens with zero attached hydrogens (tertiary/aromatic N) is 2. The van der Waals surface area contributed by atoms with Crippen LogP contribution in [0.15, 0.2) is 36.4 Å². The number of hydrogen-bond acceptors (Lipinski definition) is 4. The highest BCUT2D eigenvalue weighted by Gasteiger charge is 2.24. The summed E-state index contributed by atoms with van der Waals surface area (Å²) in [6.45, 7) is 12.5. The van der Waals surface area contributed by atoms with Crippen molar-refractivity contribution in [2.45, 2.75) is 53.2 Å². The molecule has 158 valence electrons. The van der Waals surface area contributed by atoms with Gasteiger partial charge in [-0.3, -0.25) is 4.98 Å². The Morgan fingerprint density at radius 1 is 1.17 bits per heavy atom. The maximum atomic E-state index is 12.4. The molecule has 0 N–H and O–H groups in total. The van der Waals surface area contributed by atoms with Crippen molar-refractivity contribution in [1.29, 1.82) is 0 Å². The number of rotatable bonds is 6. The molecule has 5 heteroatoms. The number of benzene rings is 1. The molecule has 0 saturated carbocycles. The predicted octanol–water partition coefficient (Wildman–Crippen LogP) is 5.85. The fraction of sp³-hybridized carbons (Fsp3) is 0.500. The highest BCUT2D eigenvalue weighted by atomic mass is 16.6.